The van der Waals surface area contributed by atoms with E-state index in [0.29, 0.717) is 18.7 Å². The van der Waals surface area contributed by atoms with Crippen LogP contribution in [0.4, 0.5) is 0 Å². The molecule has 2 rings (SSSR count). The quantitative estimate of drug-likeness (QED) is 0.375. The molecular formula is C19H28IN5OS. The van der Waals surface area contributed by atoms with Gasteiger partial charge >= 0.3 is 0 Å². The highest BCUT2D eigenvalue weighted by Gasteiger charge is 2.09. The van der Waals surface area contributed by atoms with E-state index in [0.717, 1.165) is 28.8 Å². The summed E-state index contributed by atoms with van der Waals surface area (Å²) in [6.07, 6.45) is 0. The topological polar surface area (TPSA) is 60.8 Å². The molecule has 8 heteroatoms. The Labute approximate surface area is 182 Å². The first-order valence-corrected chi connectivity index (χ1v) is 9.49. The van der Waals surface area contributed by atoms with Gasteiger partial charge in [-0.2, -0.15) is 0 Å². The van der Waals surface area contributed by atoms with Crippen LogP contribution in [0.25, 0.3) is 0 Å². The molecule has 0 atom stereocenters. The molecule has 1 aromatic heterocycles. The van der Waals surface area contributed by atoms with Crippen LogP contribution in [0.3, 0.4) is 0 Å². The lowest BCUT2D eigenvalue weighted by Crippen LogP contribution is -2.38. The molecule has 0 aliphatic rings. The van der Waals surface area contributed by atoms with Crippen molar-refractivity contribution in [2.75, 3.05) is 27.7 Å². The van der Waals surface area contributed by atoms with Crippen LogP contribution in [0.5, 0.6) is 0 Å². The highest BCUT2D eigenvalue weighted by molar-refractivity contribution is 14.0. The van der Waals surface area contributed by atoms with E-state index in [1.54, 1.807) is 30.3 Å². The molecule has 0 saturated carbocycles. The van der Waals surface area contributed by atoms with Crippen LogP contribution in [0, 0.1) is 6.92 Å². The first-order valence-electron chi connectivity index (χ1n) is 8.61. The van der Waals surface area contributed by atoms with Crippen LogP contribution in [0.2, 0.25) is 0 Å². The zero-order chi connectivity index (χ0) is 19.1. The van der Waals surface area contributed by atoms with E-state index in [1.807, 2.05) is 38.2 Å². The molecule has 1 aromatic carbocycles. The van der Waals surface area contributed by atoms with Gasteiger partial charge in [-0.1, -0.05) is 12.1 Å². The van der Waals surface area contributed by atoms with Crippen LogP contribution in [-0.4, -0.2) is 54.3 Å². The van der Waals surface area contributed by atoms with Gasteiger partial charge in [-0.25, -0.2) is 9.98 Å². The number of halogens is 1. The second-order valence-electron chi connectivity index (χ2n) is 6.28. The third-order valence-electron chi connectivity index (χ3n) is 3.78. The molecular weight excluding hydrogens is 473 g/mol. The van der Waals surface area contributed by atoms with Gasteiger partial charge < -0.3 is 15.1 Å². The van der Waals surface area contributed by atoms with Crippen molar-refractivity contribution in [3.8, 4) is 0 Å². The van der Waals surface area contributed by atoms with Crippen molar-refractivity contribution in [1.29, 1.82) is 0 Å². The van der Waals surface area contributed by atoms with Crippen molar-refractivity contribution in [3.63, 3.8) is 0 Å². The summed E-state index contributed by atoms with van der Waals surface area (Å²) in [5.74, 6) is 0.846. The second-order valence-corrected chi connectivity index (χ2v) is 7.34. The molecule has 0 radical (unpaired) electrons. The first-order chi connectivity index (χ1) is 12.4. The average molecular weight is 501 g/mol. The van der Waals surface area contributed by atoms with Crippen molar-refractivity contribution >= 4 is 47.2 Å². The summed E-state index contributed by atoms with van der Waals surface area (Å²) in [6.45, 7) is 6.14. The maximum Gasteiger partial charge on any atom is 0.253 e. The molecule has 0 aliphatic carbocycles. The number of aryl methyl sites for hydroxylation is 1. The third-order valence-corrected chi connectivity index (χ3v) is 4.60. The average Bonchev–Trinajstić information content (AvgIpc) is 3.03. The van der Waals surface area contributed by atoms with Gasteiger partial charge in [0.25, 0.3) is 5.91 Å². The molecule has 0 fully saturated rings. The highest BCUT2D eigenvalue weighted by Crippen LogP contribution is 2.11. The molecule has 0 bridgehead atoms. The van der Waals surface area contributed by atoms with E-state index in [1.165, 1.54) is 0 Å². The number of aliphatic imine (C=N–C) groups is 1. The number of hydrogen-bond acceptors (Lipinski definition) is 4. The van der Waals surface area contributed by atoms with Crippen molar-refractivity contribution in [3.05, 3.63) is 51.5 Å². The van der Waals surface area contributed by atoms with E-state index in [9.17, 15) is 4.79 Å². The lowest BCUT2D eigenvalue weighted by atomic mass is 10.1. The number of carbonyl (C=O) groups is 1. The summed E-state index contributed by atoms with van der Waals surface area (Å²) >= 11 is 1.66. The largest absolute Gasteiger partial charge is 0.357 e. The molecule has 2 aromatic rings. The normalized spacial score (nSPS) is 10.9. The van der Waals surface area contributed by atoms with Crippen molar-refractivity contribution in [2.45, 2.75) is 26.9 Å². The SMILES string of the molecule is CCNC(=NCc1ccc(C(=O)N(C)C)cc1)N(C)Cc1csc(C)n1.I. The van der Waals surface area contributed by atoms with Crippen molar-refractivity contribution in [1.82, 2.24) is 20.1 Å². The summed E-state index contributed by atoms with van der Waals surface area (Å²) in [7, 11) is 5.51. The fourth-order valence-electron chi connectivity index (χ4n) is 2.45. The number of rotatable bonds is 6. The van der Waals surface area contributed by atoms with E-state index >= 15 is 0 Å². The summed E-state index contributed by atoms with van der Waals surface area (Å²) in [6, 6.07) is 7.60. The number of guanidine groups is 1. The molecule has 0 unspecified atom stereocenters. The first kappa shape index (κ1) is 23.4. The summed E-state index contributed by atoms with van der Waals surface area (Å²) in [5.41, 5.74) is 2.80. The zero-order valence-corrected chi connectivity index (χ0v) is 19.7. The molecule has 148 valence electrons. The summed E-state index contributed by atoms with van der Waals surface area (Å²) in [4.78, 5) is 24.8. The third kappa shape index (κ3) is 7.10. The minimum absolute atomic E-state index is 0. The fraction of sp³-hybridized carbons (Fsp3) is 0.421. The lowest BCUT2D eigenvalue weighted by Gasteiger charge is -2.21. The van der Waals surface area contributed by atoms with Crippen molar-refractivity contribution in [2.24, 2.45) is 4.99 Å². The zero-order valence-electron chi connectivity index (χ0n) is 16.5. The molecule has 0 saturated heterocycles. The van der Waals surface area contributed by atoms with E-state index in [2.05, 4.69) is 27.5 Å². The Bertz CT molecular complexity index is 758. The Morgan fingerprint density at radius 2 is 1.89 bits per heavy atom. The predicted molar refractivity (Wildman–Crippen MR) is 123 cm³/mol. The van der Waals surface area contributed by atoms with Gasteiger partial charge in [0.15, 0.2) is 5.96 Å². The van der Waals surface area contributed by atoms with Gasteiger partial charge in [0.1, 0.15) is 0 Å². The minimum atomic E-state index is 0. The highest BCUT2D eigenvalue weighted by atomic mass is 127. The van der Waals surface area contributed by atoms with Gasteiger partial charge in [0.2, 0.25) is 0 Å². The van der Waals surface area contributed by atoms with Crippen LogP contribution in [0.1, 0.15) is 33.5 Å². The van der Waals surface area contributed by atoms with Crippen LogP contribution >= 0.6 is 35.3 Å². The number of aromatic nitrogens is 1. The van der Waals surface area contributed by atoms with Gasteiger partial charge in [0.05, 0.1) is 23.8 Å². The molecule has 6 nitrogen and oxygen atoms in total. The van der Waals surface area contributed by atoms with Crippen LogP contribution in [0.15, 0.2) is 34.6 Å². The molecule has 1 amide bonds. The Hall–Kier alpha value is -1.68. The molecule has 0 spiro atoms. The van der Waals surface area contributed by atoms with Gasteiger partial charge in [-0.05, 0) is 31.5 Å². The van der Waals surface area contributed by atoms with Crippen molar-refractivity contribution < 1.29 is 4.79 Å². The predicted octanol–water partition coefficient (Wildman–Crippen LogP) is 3.37. The van der Waals surface area contributed by atoms with Crippen LogP contribution < -0.4 is 5.32 Å². The molecule has 1 heterocycles. The number of hydrogen-bond donors (Lipinski definition) is 1. The maximum absolute atomic E-state index is 11.9. The fourth-order valence-corrected chi connectivity index (χ4v) is 3.05. The van der Waals surface area contributed by atoms with E-state index in [-0.39, 0.29) is 29.9 Å². The summed E-state index contributed by atoms with van der Waals surface area (Å²) < 4.78 is 0. The number of carbonyl (C=O) groups excluding carboxylic acids is 1. The molecule has 27 heavy (non-hydrogen) atoms. The molecule has 1 N–H and O–H groups in total. The monoisotopic (exact) mass is 501 g/mol. The maximum atomic E-state index is 11.9. The van der Waals surface area contributed by atoms with Crippen LogP contribution in [-0.2, 0) is 13.1 Å². The number of amides is 1. The summed E-state index contributed by atoms with van der Waals surface area (Å²) in [5, 5.41) is 6.47. The van der Waals surface area contributed by atoms with E-state index < -0.39 is 0 Å². The Balaban J connectivity index is 0.00000364. The Morgan fingerprint density at radius 3 is 2.41 bits per heavy atom. The van der Waals surface area contributed by atoms with E-state index in [4.69, 9.17) is 4.99 Å². The number of nitrogens with zero attached hydrogens (tertiary/aromatic N) is 4. The van der Waals surface area contributed by atoms with Gasteiger partial charge in [-0.15, -0.1) is 35.3 Å². The Kier molecular flexibility index (Phi) is 9.71. The molecule has 0 aliphatic heterocycles. The number of thiazole rings is 1. The standard InChI is InChI=1S/C19H27N5OS.HI/c1-6-20-19(24(5)12-17-13-26-14(2)22-17)21-11-15-7-9-16(10-8-15)18(25)23(3)4;/h7-10,13H,6,11-12H2,1-5H3,(H,20,21);1H. The smallest absolute Gasteiger partial charge is 0.253 e. The minimum Gasteiger partial charge on any atom is -0.357 e. The number of benzene rings is 1. The van der Waals surface area contributed by atoms with Gasteiger partial charge in [0, 0.05) is 38.6 Å². The number of nitrogens with one attached hydrogen (secondary N) is 1. The lowest BCUT2D eigenvalue weighted by molar-refractivity contribution is 0.0827. The second kappa shape index (κ2) is 11.2. The van der Waals surface area contributed by atoms with Gasteiger partial charge in [-0.3, -0.25) is 4.79 Å². The Morgan fingerprint density at radius 1 is 1.22 bits per heavy atom.